The van der Waals surface area contributed by atoms with E-state index in [-0.39, 0.29) is 24.7 Å². The Hall–Kier alpha value is -1.86. The van der Waals surface area contributed by atoms with Crippen molar-refractivity contribution in [3.05, 3.63) is 18.3 Å². The highest BCUT2D eigenvalue weighted by Crippen LogP contribution is 2.30. The van der Waals surface area contributed by atoms with E-state index in [4.69, 9.17) is 14.2 Å². The second kappa shape index (κ2) is 8.89. The van der Waals surface area contributed by atoms with Gasteiger partial charge in [-0.2, -0.15) is 0 Å². The molecular formula is C20H29N3O4. The van der Waals surface area contributed by atoms with Crippen LogP contribution < -0.4 is 9.64 Å². The van der Waals surface area contributed by atoms with Crippen LogP contribution in [0.2, 0.25) is 0 Å². The highest BCUT2D eigenvalue weighted by molar-refractivity contribution is 5.77. The molecule has 0 spiro atoms. The number of aromatic nitrogens is 1. The van der Waals surface area contributed by atoms with Gasteiger partial charge in [-0.3, -0.25) is 4.79 Å². The number of carbonyl (C=O) groups excluding carboxylic acids is 1. The summed E-state index contributed by atoms with van der Waals surface area (Å²) in [5, 5.41) is 0. The van der Waals surface area contributed by atoms with Crippen LogP contribution in [0.5, 0.6) is 5.75 Å². The summed E-state index contributed by atoms with van der Waals surface area (Å²) in [6, 6.07) is 3.89. The molecule has 3 fully saturated rings. The van der Waals surface area contributed by atoms with E-state index in [1.54, 1.807) is 0 Å². The van der Waals surface area contributed by atoms with Crippen molar-refractivity contribution in [3.63, 3.8) is 0 Å². The van der Waals surface area contributed by atoms with Gasteiger partial charge in [-0.1, -0.05) is 0 Å². The van der Waals surface area contributed by atoms with Crippen LogP contribution in [0.4, 0.5) is 5.82 Å². The van der Waals surface area contributed by atoms with Crippen molar-refractivity contribution in [1.29, 1.82) is 0 Å². The molecule has 3 saturated heterocycles. The molecule has 0 saturated carbocycles. The highest BCUT2D eigenvalue weighted by Gasteiger charge is 2.29. The summed E-state index contributed by atoms with van der Waals surface area (Å²) in [5.41, 5.74) is 0. The fourth-order valence-electron chi connectivity index (χ4n) is 4.02. The van der Waals surface area contributed by atoms with Gasteiger partial charge < -0.3 is 24.0 Å². The zero-order chi connectivity index (χ0) is 18.5. The average Bonchev–Trinajstić information content (AvgIpc) is 3.45. The number of hydrogen-bond acceptors (Lipinski definition) is 6. The lowest BCUT2D eigenvalue weighted by molar-refractivity contribution is -0.136. The van der Waals surface area contributed by atoms with Gasteiger partial charge in [-0.05, 0) is 37.8 Å². The van der Waals surface area contributed by atoms with E-state index in [1.807, 2.05) is 23.2 Å². The van der Waals surface area contributed by atoms with E-state index in [2.05, 4.69) is 9.88 Å². The van der Waals surface area contributed by atoms with Gasteiger partial charge >= 0.3 is 0 Å². The van der Waals surface area contributed by atoms with Gasteiger partial charge in [-0.15, -0.1) is 0 Å². The molecule has 3 aliphatic heterocycles. The number of carbonyl (C=O) groups is 1. The Labute approximate surface area is 160 Å². The molecule has 0 aromatic carbocycles. The van der Waals surface area contributed by atoms with Crippen LogP contribution in [0.1, 0.15) is 32.1 Å². The maximum atomic E-state index is 12.4. The van der Waals surface area contributed by atoms with E-state index in [0.717, 1.165) is 50.5 Å². The molecule has 148 valence electrons. The maximum absolute atomic E-state index is 12.4. The molecule has 4 rings (SSSR count). The van der Waals surface area contributed by atoms with Gasteiger partial charge in [0.1, 0.15) is 12.7 Å². The first kappa shape index (κ1) is 18.5. The molecule has 2 atom stereocenters. The van der Waals surface area contributed by atoms with Crippen LogP contribution in [-0.4, -0.2) is 74.0 Å². The standard InChI is InChI=1S/C20H29N3O4/c24-19(15-25-14-17-5-4-12-26-17)23-11-7-16(13-23)27-18-6-3-8-21-20(18)22-9-1-2-10-22/h3,6,8,16-17H,1-2,4-5,7,9-15H2/t16-,17+/m0/s1. The zero-order valence-corrected chi connectivity index (χ0v) is 15.8. The predicted octanol–water partition coefficient (Wildman–Crippen LogP) is 1.86. The molecule has 4 heterocycles. The molecule has 0 aliphatic carbocycles. The van der Waals surface area contributed by atoms with Gasteiger partial charge in [0.2, 0.25) is 5.91 Å². The number of likely N-dealkylation sites (tertiary alicyclic amines) is 1. The van der Waals surface area contributed by atoms with Crippen LogP contribution in [0.15, 0.2) is 18.3 Å². The fourth-order valence-corrected chi connectivity index (χ4v) is 4.02. The fraction of sp³-hybridized carbons (Fsp3) is 0.700. The van der Waals surface area contributed by atoms with Gasteiger partial charge in [0, 0.05) is 38.9 Å². The number of amides is 1. The van der Waals surface area contributed by atoms with Crippen molar-refractivity contribution in [2.24, 2.45) is 0 Å². The molecule has 27 heavy (non-hydrogen) atoms. The number of nitrogens with zero attached hydrogens (tertiary/aromatic N) is 3. The Morgan fingerprint density at radius 2 is 2.11 bits per heavy atom. The normalized spacial score (nSPS) is 25.3. The summed E-state index contributed by atoms with van der Waals surface area (Å²) in [4.78, 5) is 21.0. The second-order valence-corrected chi connectivity index (χ2v) is 7.54. The van der Waals surface area contributed by atoms with Crippen molar-refractivity contribution in [1.82, 2.24) is 9.88 Å². The Morgan fingerprint density at radius 3 is 2.93 bits per heavy atom. The average molecular weight is 375 g/mol. The smallest absolute Gasteiger partial charge is 0.248 e. The van der Waals surface area contributed by atoms with Crippen LogP contribution in [0, 0.1) is 0 Å². The van der Waals surface area contributed by atoms with Crippen LogP contribution in [0.25, 0.3) is 0 Å². The predicted molar refractivity (Wildman–Crippen MR) is 101 cm³/mol. The number of ether oxygens (including phenoxy) is 3. The molecule has 1 aromatic rings. The lowest BCUT2D eigenvalue weighted by atomic mass is 10.2. The van der Waals surface area contributed by atoms with E-state index in [0.29, 0.717) is 19.7 Å². The molecule has 7 nitrogen and oxygen atoms in total. The van der Waals surface area contributed by atoms with Gasteiger partial charge in [0.25, 0.3) is 0 Å². The third kappa shape index (κ3) is 4.71. The first-order valence-electron chi connectivity index (χ1n) is 10.1. The quantitative estimate of drug-likeness (QED) is 0.725. The van der Waals surface area contributed by atoms with Crippen molar-refractivity contribution in [2.45, 2.75) is 44.3 Å². The van der Waals surface area contributed by atoms with E-state index < -0.39 is 0 Å². The van der Waals surface area contributed by atoms with E-state index >= 15 is 0 Å². The minimum absolute atomic E-state index is 0.0117. The summed E-state index contributed by atoms with van der Waals surface area (Å²) < 4.78 is 17.3. The third-order valence-corrected chi connectivity index (χ3v) is 5.50. The van der Waals surface area contributed by atoms with E-state index in [9.17, 15) is 4.79 Å². The summed E-state index contributed by atoms with van der Waals surface area (Å²) in [5.74, 6) is 1.79. The van der Waals surface area contributed by atoms with Crippen molar-refractivity contribution in [2.75, 3.05) is 50.9 Å². The highest BCUT2D eigenvalue weighted by atomic mass is 16.5. The Balaban J connectivity index is 1.25. The van der Waals surface area contributed by atoms with Crippen LogP contribution in [0.3, 0.4) is 0 Å². The monoisotopic (exact) mass is 375 g/mol. The van der Waals surface area contributed by atoms with Crippen molar-refractivity contribution < 1.29 is 19.0 Å². The number of pyridine rings is 1. The first-order valence-corrected chi connectivity index (χ1v) is 10.1. The summed E-state index contributed by atoms with van der Waals surface area (Å²) in [7, 11) is 0. The summed E-state index contributed by atoms with van der Waals surface area (Å²) in [6.45, 7) is 4.83. The minimum atomic E-state index is 0.0117. The van der Waals surface area contributed by atoms with Crippen molar-refractivity contribution >= 4 is 11.7 Å². The van der Waals surface area contributed by atoms with Crippen molar-refractivity contribution in [3.8, 4) is 5.75 Å². The Morgan fingerprint density at radius 1 is 1.22 bits per heavy atom. The van der Waals surface area contributed by atoms with Crippen LogP contribution in [-0.2, 0) is 14.3 Å². The van der Waals surface area contributed by atoms with E-state index in [1.165, 1.54) is 12.8 Å². The lowest BCUT2D eigenvalue weighted by Crippen LogP contribution is -2.34. The maximum Gasteiger partial charge on any atom is 0.248 e. The molecule has 1 amide bonds. The summed E-state index contributed by atoms with van der Waals surface area (Å²) in [6.07, 6.45) is 7.34. The topological polar surface area (TPSA) is 64.1 Å². The molecule has 3 aliphatic rings. The minimum Gasteiger partial charge on any atom is -0.485 e. The Kier molecular flexibility index (Phi) is 6.09. The second-order valence-electron chi connectivity index (χ2n) is 7.54. The number of anilines is 1. The molecule has 0 N–H and O–H groups in total. The zero-order valence-electron chi connectivity index (χ0n) is 15.8. The molecule has 1 aromatic heterocycles. The molecular weight excluding hydrogens is 346 g/mol. The van der Waals surface area contributed by atoms with Gasteiger partial charge in [0.15, 0.2) is 11.6 Å². The first-order chi connectivity index (χ1) is 13.3. The lowest BCUT2D eigenvalue weighted by Gasteiger charge is -2.22. The summed E-state index contributed by atoms with van der Waals surface area (Å²) >= 11 is 0. The van der Waals surface area contributed by atoms with Gasteiger partial charge in [0.05, 0.1) is 19.3 Å². The Bertz CT molecular complexity index is 629. The number of hydrogen-bond donors (Lipinski definition) is 0. The largest absolute Gasteiger partial charge is 0.485 e. The molecule has 0 unspecified atom stereocenters. The van der Waals surface area contributed by atoms with Crippen LogP contribution >= 0.6 is 0 Å². The third-order valence-electron chi connectivity index (χ3n) is 5.50. The SMILES string of the molecule is O=C(COC[C@H]1CCCO1)N1CC[C@H](Oc2cccnc2N2CCCC2)C1. The molecule has 0 radical (unpaired) electrons. The number of rotatable bonds is 7. The molecule has 0 bridgehead atoms. The molecule has 7 heteroatoms. The van der Waals surface area contributed by atoms with Gasteiger partial charge in [-0.25, -0.2) is 4.98 Å².